The van der Waals surface area contributed by atoms with E-state index in [2.05, 4.69) is 31.8 Å². The number of esters is 1. The molecule has 1 aromatic heterocycles. The molecule has 0 bridgehead atoms. The predicted octanol–water partition coefficient (Wildman–Crippen LogP) is 3.54. The van der Waals surface area contributed by atoms with Gasteiger partial charge in [-0.15, -0.1) is 0 Å². The van der Waals surface area contributed by atoms with Gasteiger partial charge in [0.25, 0.3) is 11.8 Å². The fraction of sp³-hybridized carbons (Fsp3) is 0.130. The van der Waals surface area contributed by atoms with Crippen LogP contribution in [0.4, 0.5) is 0 Å². The van der Waals surface area contributed by atoms with E-state index in [0.29, 0.717) is 23.5 Å². The maximum absolute atomic E-state index is 12.4. The molecule has 0 unspecified atom stereocenters. The molecule has 9 nitrogen and oxygen atoms in total. The normalized spacial score (nSPS) is 10.6. The van der Waals surface area contributed by atoms with Gasteiger partial charge in [-0.3, -0.25) is 9.59 Å². The standard InChI is InChI=1S/C23H20BrN3O6/c1-2-31-20-12-15(5-10-18(20)33-23(30)16-6-8-17(24)9-7-16)13-26-27-21(28)14-25-22(29)19-4-3-11-32-19/h3-13H,2,14H2,1H3,(H,25,29)(H,27,28)/b26-13-. The Morgan fingerprint density at radius 3 is 2.58 bits per heavy atom. The number of ether oxygens (including phenoxy) is 2. The Morgan fingerprint density at radius 1 is 1.09 bits per heavy atom. The van der Waals surface area contributed by atoms with Gasteiger partial charge in [-0.05, 0) is 67.1 Å². The lowest BCUT2D eigenvalue weighted by molar-refractivity contribution is -0.120. The molecule has 0 saturated heterocycles. The second-order valence-electron chi connectivity index (χ2n) is 6.49. The number of hydrogen-bond donors (Lipinski definition) is 2. The van der Waals surface area contributed by atoms with Crippen LogP contribution in [-0.4, -0.2) is 37.1 Å². The SMILES string of the molecule is CCOc1cc(/C=N\NC(=O)CNC(=O)c2ccco2)ccc1OC(=O)c1ccc(Br)cc1. The molecule has 0 saturated carbocycles. The fourth-order valence-electron chi connectivity index (χ4n) is 2.58. The molecule has 0 spiro atoms. The summed E-state index contributed by atoms with van der Waals surface area (Å²) in [5, 5.41) is 6.27. The second-order valence-corrected chi connectivity index (χ2v) is 7.40. The van der Waals surface area contributed by atoms with Crippen LogP contribution in [0.5, 0.6) is 11.5 Å². The van der Waals surface area contributed by atoms with Crippen LogP contribution in [0.25, 0.3) is 0 Å². The molecule has 2 N–H and O–H groups in total. The first-order valence-corrected chi connectivity index (χ1v) is 10.6. The van der Waals surface area contributed by atoms with Crippen molar-refractivity contribution in [3.63, 3.8) is 0 Å². The minimum absolute atomic E-state index is 0.107. The first kappa shape index (κ1) is 23.7. The summed E-state index contributed by atoms with van der Waals surface area (Å²) in [7, 11) is 0. The molecule has 3 rings (SSSR count). The van der Waals surface area contributed by atoms with Gasteiger partial charge in [0.05, 0.1) is 31.2 Å². The number of furan rings is 1. The Labute approximate surface area is 197 Å². The van der Waals surface area contributed by atoms with Crippen LogP contribution in [0, 0.1) is 0 Å². The average molecular weight is 514 g/mol. The first-order valence-electron chi connectivity index (χ1n) is 9.84. The number of nitrogens with one attached hydrogen (secondary N) is 2. The van der Waals surface area contributed by atoms with Crippen LogP contribution < -0.4 is 20.2 Å². The van der Waals surface area contributed by atoms with E-state index >= 15 is 0 Å². The van der Waals surface area contributed by atoms with Crippen molar-refractivity contribution in [1.82, 2.24) is 10.7 Å². The van der Waals surface area contributed by atoms with Gasteiger partial charge >= 0.3 is 5.97 Å². The maximum Gasteiger partial charge on any atom is 0.343 e. The molecule has 1 heterocycles. The summed E-state index contributed by atoms with van der Waals surface area (Å²) < 4.78 is 16.8. The lowest BCUT2D eigenvalue weighted by Gasteiger charge is -2.11. The number of hydrogen-bond acceptors (Lipinski definition) is 7. The highest BCUT2D eigenvalue weighted by atomic mass is 79.9. The topological polar surface area (TPSA) is 119 Å². The Morgan fingerprint density at radius 2 is 1.88 bits per heavy atom. The molecular formula is C23H20BrN3O6. The zero-order chi connectivity index (χ0) is 23.6. The van der Waals surface area contributed by atoms with Crippen molar-refractivity contribution in [3.05, 3.63) is 82.2 Å². The number of hydrazone groups is 1. The van der Waals surface area contributed by atoms with Gasteiger partial charge in [-0.25, -0.2) is 10.2 Å². The van der Waals surface area contributed by atoms with Gasteiger partial charge in [0.2, 0.25) is 0 Å². The molecule has 0 aliphatic heterocycles. The van der Waals surface area contributed by atoms with Crippen LogP contribution in [-0.2, 0) is 4.79 Å². The highest BCUT2D eigenvalue weighted by molar-refractivity contribution is 9.10. The third kappa shape index (κ3) is 7.04. The van der Waals surface area contributed by atoms with Gasteiger partial charge in [0, 0.05) is 4.47 Å². The number of carbonyl (C=O) groups is 3. The second kappa shape index (κ2) is 11.6. The third-order valence-corrected chi connectivity index (χ3v) is 4.64. The molecule has 0 fully saturated rings. The van der Waals surface area contributed by atoms with Gasteiger partial charge in [0.1, 0.15) is 0 Å². The van der Waals surface area contributed by atoms with Gasteiger partial charge < -0.3 is 19.2 Å². The highest BCUT2D eigenvalue weighted by Crippen LogP contribution is 2.29. The van der Waals surface area contributed by atoms with E-state index in [1.807, 2.05) is 0 Å². The molecule has 10 heteroatoms. The van der Waals surface area contributed by atoms with Crippen molar-refractivity contribution in [3.8, 4) is 11.5 Å². The lowest BCUT2D eigenvalue weighted by Crippen LogP contribution is -2.34. The van der Waals surface area contributed by atoms with Crippen molar-refractivity contribution in [2.75, 3.05) is 13.2 Å². The number of carbonyl (C=O) groups excluding carboxylic acids is 3. The van der Waals surface area contributed by atoms with Crippen molar-refractivity contribution in [2.45, 2.75) is 6.92 Å². The van der Waals surface area contributed by atoms with Crippen LogP contribution >= 0.6 is 15.9 Å². The van der Waals surface area contributed by atoms with Crippen LogP contribution in [0.15, 0.2) is 74.9 Å². The summed E-state index contributed by atoms with van der Waals surface area (Å²) in [6.45, 7) is 1.89. The van der Waals surface area contributed by atoms with E-state index in [4.69, 9.17) is 13.9 Å². The molecule has 0 atom stereocenters. The summed E-state index contributed by atoms with van der Waals surface area (Å²) in [4.78, 5) is 36.0. The molecule has 0 radical (unpaired) electrons. The Bertz CT molecular complexity index is 1140. The minimum Gasteiger partial charge on any atom is -0.490 e. The summed E-state index contributed by atoms with van der Waals surface area (Å²) in [5.41, 5.74) is 3.31. The summed E-state index contributed by atoms with van der Waals surface area (Å²) in [6.07, 6.45) is 2.76. The fourth-order valence-corrected chi connectivity index (χ4v) is 2.84. The largest absolute Gasteiger partial charge is 0.490 e. The van der Waals surface area contributed by atoms with E-state index < -0.39 is 17.8 Å². The average Bonchev–Trinajstić information content (AvgIpc) is 3.35. The third-order valence-electron chi connectivity index (χ3n) is 4.11. The van der Waals surface area contributed by atoms with Crippen molar-refractivity contribution < 1.29 is 28.3 Å². The quantitative estimate of drug-likeness (QED) is 0.195. The van der Waals surface area contributed by atoms with Crippen molar-refractivity contribution >= 4 is 39.9 Å². The molecule has 2 aromatic carbocycles. The van der Waals surface area contributed by atoms with Crippen molar-refractivity contribution in [1.29, 1.82) is 0 Å². The Balaban J connectivity index is 1.58. The van der Waals surface area contributed by atoms with Gasteiger partial charge in [-0.2, -0.15) is 5.10 Å². The van der Waals surface area contributed by atoms with Crippen molar-refractivity contribution in [2.24, 2.45) is 5.10 Å². The van der Waals surface area contributed by atoms with E-state index in [-0.39, 0.29) is 18.1 Å². The van der Waals surface area contributed by atoms with Crippen LogP contribution in [0.1, 0.15) is 33.4 Å². The minimum atomic E-state index is -0.520. The zero-order valence-corrected chi connectivity index (χ0v) is 19.1. The lowest BCUT2D eigenvalue weighted by atomic mass is 10.2. The smallest absolute Gasteiger partial charge is 0.343 e. The Kier molecular flexibility index (Phi) is 8.36. The van der Waals surface area contributed by atoms with E-state index in [1.165, 1.54) is 18.5 Å². The summed E-state index contributed by atoms with van der Waals surface area (Å²) in [5.74, 6) is -0.829. The van der Waals surface area contributed by atoms with E-state index in [0.717, 1.165) is 4.47 Å². The monoisotopic (exact) mass is 513 g/mol. The molecule has 0 aliphatic carbocycles. The van der Waals surface area contributed by atoms with Gasteiger partial charge in [-0.1, -0.05) is 15.9 Å². The number of nitrogens with zero attached hydrogens (tertiary/aromatic N) is 1. The molecular weight excluding hydrogens is 494 g/mol. The first-order chi connectivity index (χ1) is 16.0. The van der Waals surface area contributed by atoms with E-state index in [9.17, 15) is 14.4 Å². The molecule has 0 aliphatic rings. The summed E-state index contributed by atoms with van der Waals surface area (Å²) in [6, 6.07) is 14.7. The van der Waals surface area contributed by atoms with E-state index in [1.54, 1.807) is 55.5 Å². The number of halogens is 1. The predicted molar refractivity (Wildman–Crippen MR) is 123 cm³/mol. The Hall–Kier alpha value is -3.92. The molecule has 33 heavy (non-hydrogen) atoms. The number of rotatable bonds is 9. The maximum atomic E-state index is 12.4. The molecule has 3 aromatic rings. The molecule has 170 valence electrons. The van der Waals surface area contributed by atoms with Crippen LogP contribution in [0.3, 0.4) is 0 Å². The van der Waals surface area contributed by atoms with Crippen LogP contribution in [0.2, 0.25) is 0 Å². The van der Waals surface area contributed by atoms with Gasteiger partial charge in [0.15, 0.2) is 17.3 Å². The zero-order valence-electron chi connectivity index (χ0n) is 17.5. The number of benzene rings is 2. The summed E-state index contributed by atoms with van der Waals surface area (Å²) >= 11 is 3.32. The molecule has 2 amide bonds. The highest BCUT2D eigenvalue weighted by Gasteiger charge is 2.13. The number of amides is 2.